The van der Waals surface area contributed by atoms with E-state index in [2.05, 4.69) is 15.9 Å². The van der Waals surface area contributed by atoms with Gasteiger partial charge in [-0.25, -0.2) is 14.6 Å². The molecule has 0 spiro atoms. The quantitative estimate of drug-likeness (QED) is 0.191. The average Bonchev–Trinajstić information content (AvgIpc) is 3.71. The lowest BCUT2D eigenvalue weighted by Crippen LogP contribution is -2.40. The van der Waals surface area contributed by atoms with Crippen molar-refractivity contribution in [2.45, 2.75) is 19.6 Å². The molecule has 0 amide bonds. The van der Waals surface area contributed by atoms with Gasteiger partial charge in [-0.1, -0.05) is 65.9 Å². The van der Waals surface area contributed by atoms with E-state index in [1.54, 1.807) is 43.3 Å². The second-order valence-electron chi connectivity index (χ2n) is 11.0. The van der Waals surface area contributed by atoms with Crippen molar-refractivity contribution in [3.8, 4) is 17.2 Å². The van der Waals surface area contributed by atoms with Crippen molar-refractivity contribution in [3.63, 3.8) is 0 Å². The number of carbonyl (C=O) groups is 2. The molecule has 10 nitrogen and oxygen atoms in total. The third-order valence-corrected chi connectivity index (χ3v) is 9.54. The van der Waals surface area contributed by atoms with Crippen LogP contribution in [0.3, 0.4) is 0 Å². The van der Waals surface area contributed by atoms with E-state index in [4.69, 9.17) is 29.0 Å². The number of halogens is 1. The van der Waals surface area contributed by atoms with Gasteiger partial charge in [0.05, 0.1) is 38.5 Å². The number of hydrogen-bond donors (Lipinski definition) is 1. The van der Waals surface area contributed by atoms with E-state index < -0.39 is 18.0 Å². The highest BCUT2D eigenvalue weighted by Gasteiger charge is 2.36. The van der Waals surface area contributed by atoms with E-state index in [9.17, 15) is 14.4 Å². The number of aromatic carboxylic acids is 1. The minimum absolute atomic E-state index is 0.0800. The molecule has 2 aliphatic heterocycles. The average molecular weight is 740 g/mol. The molecular weight excluding hydrogens is 712 g/mol. The number of carboxylic acids is 1. The van der Waals surface area contributed by atoms with Crippen molar-refractivity contribution in [1.82, 2.24) is 4.57 Å². The summed E-state index contributed by atoms with van der Waals surface area (Å²) >= 11 is 4.80. The number of esters is 1. The van der Waals surface area contributed by atoms with Crippen molar-refractivity contribution in [1.29, 1.82) is 0 Å². The molecule has 2 aliphatic rings. The van der Waals surface area contributed by atoms with Crippen molar-refractivity contribution in [3.05, 3.63) is 149 Å². The van der Waals surface area contributed by atoms with Gasteiger partial charge >= 0.3 is 11.9 Å². The maximum Gasteiger partial charge on any atom is 0.338 e. The van der Waals surface area contributed by atoms with E-state index in [0.29, 0.717) is 47.9 Å². The van der Waals surface area contributed by atoms with Crippen LogP contribution in [0.25, 0.3) is 11.8 Å². The van der Waals surface area contributed by atoms with Crippen LogP contribution in [-0.2, 0) is 16.1 Å². The summed E-state index contributed by atoms with van der Waals surface area (Å²) in [6.07, 6.45) is 1.77. The molecule has 3 heterocycles. The van der Waals surface area contributed by atoms with Crippen LogP contribution in [0.2, 0.25) is 0 Å². The van der Waals surface area contributed by atoms with Crippen molar-refractivity contribution < 1.29 is 33.6 Å². The van der Waals surface area contributed by atoms with E-state index in [1.807, 2.05) is 48.5 Å². The van der Waals surface area contributed by atoms with Crippen LogP contribution in [0.15, 0.2) is 111 Å². The lowest BCUT2D eigenvalue weighted by molar-refractivity contribution is -0.138. The zero-order valence-corrected chi connectivity index (χ0v) is 28.3. The molecule has 1 aromatic heterocycles. The highest BCUT2D eigenvalue weighted by molar-refractivity contribution is 9.10. The molecular formula is C37H27BrN2O8S. The summed E-state index contributed by atoms with van der Waals surface area (Å²) in [7, 11) is 0. The molecule has 12 heteroatoms. The van der Waals surface area contributed by atoms with Gasteiger partial charge in [-0.3, -0.25) is 9.36 Å². The highest BCUT2D eigenvalue weighted by Crippen LogP contribution is 2.40. The van der Waals surface area contributed by atoms with Crippen molar-refractivity contribution in [2.75, 3.05) is 13.4 Å². The van der Waals surface area contributed by atoms with Crippen LogP contribution in [0, 0.1) is 0 Å². The van der Waals surface area contributed by atoms with Crippen LogP contribution in [-0.4, -0.2) is 35.0 Å². The molecule has 0 unspecified atom stereocenters. The third kappa shape index (κ3) is 6.40. The maximum absolute atomic E-state index is 14.3. The first kappa shape index (κ1) is 32.1. The lowest BCUT2D eigenvalue weighted by Gasteiger charge is -2.26. The van der Waals surface area contributed by atoms with E-state index >= 15 is 0 Å². The molecule has 246 valence electrons. The first-order valence-corrected chi connectivity index (χ1v) is 16.8. The fourth-order valence-corrected chi connectivity index (χ4v) is 7.13. The number of aromatic nitrogens is 1. The third-order valence-electron chi connectivity index (χ3n) is 7.93. The first-order chi connectivity index (χ1) is 23.8. The standard InChI is InChI=1S/C37H27BrN2O8S/c1-2-45-36(44)31-32(23-6-4-3-5-7-23)39-37-40(33(31)25-13-15-28-29(18-25)48-20-47-28)34(41)30(49-37)17-22-10-14-27(26(38)16-22)46-19-21-8-11-24(12-9-21)35(42)43/h3-18,33H,2,19-20H2,1H3,(H,42,43)/b30-17+/t33-/m1/s1. The second-order valence-corrected chi connectivity index (χ2v) is 12.9. The summed E-state index contributed by atoms with van der Waals surface area (Å²) in [4.78, 5) is 44.4. The van der Waals surface area contributed by atoms with Gasteiger partial charge < -0.3 is 24.1 Å². The molecule has 0 bridgehead atoms. The van der Waals surface area contributed by atoms with Crippen LogP contribution < -0.4 is 29.1 Å². The number of nitrogens with zero attached hydrogens (tertiary/aromatic N) is 2. The normalized spacial score (nSPS) is 15.1. The molecule has 0 fully saturated rings. The van der Waals surface area contributed by atoms with Gasteiger partial charge in [0.15, 0.2) is 16.3 Å². The smallest absolute Gasteiger partial charge is 0.338 e. The lowest BCUT2D eigenvalue weighted by atomic mass is 9.93. The Kier molecular flexibility index (Phi) is 8.89. The predicted molar refractivity (Wildman–Crippen MR) is 186 cm³/mol. The fraction of sp³-hybridized carbons (Fsp3) is 0.135. The molecule has 7 rings (SSSR count). The van der Waals surface area contributed by atoms with E-state index in [-0.39, 0.29) is 36.7 Å². The molecule has 1 atom stereocenters. The zero-order valence-electron chi connectivity index (χ0n) is 25.9. The molecule has 5 aromatic rings. The van der Waals surface area contributed by atoms with Crippen molar-refractivity contribution in [2.24, 2.45) is 4.99 Å². The Morgan fingerprint density at radius 1 is 1.02 bits per heavy atom. The molecule has 0 saturated heterocycles. The fourth-order valence-electron chi connectivity index (χ4n) is 5.62. The molecule has 4 aromatic carbocycles. The van der Waals surface area contributed by atoms with Crippen LogP contribution >= 0.6 is 27.3 Å². The molecule has 1 N–H and O–H groups in total. The Balaban J connectivity index is 1.30. The number of thiazole rings is 1. The second kappa shape index (κ2) is 13.6. The van der Waals surface area contributed by atoms with Crippen molar-refractivity contribution >= 4 is 51.0 Å². The zero-order chi connectivity index (χ0) is 34.1. The molecule has 0 saturated carbocycles. The number of carbonyl (C=O) groups excluding carboxylic acids is 1. The van der Waals surface area contributed by atoms with Gasteiger partial charge in [0, 0.05) is 5.56 Å². The topological polar surface area (TPSA) is 126 Å². The summed E-state index contributed by atoms with van der Waals surface area (Å²) in [6, 6.07) is 25.8. The first-order valence-electron chi connectivity index (χ1n) is 15.2. The summed E-state index contributed by atoms with van der Waals surface area (Å²) < 4.78 is 25.3. The van der Waals surface area contributed by atoms with Gasteiger partial charge in [-0.2, -0.15) is 0 Å². The number of rotatable bonds is 9. The summed E-state index contributed by atoms with van der Waals surface area (Å²) in [5.74, 6) is 0.119. The highest BCUT2D eigenvalue weighted by atomic mass is 79.9. The van der Waals surface area contributed by atoms with Gasteiger partial charge in [0.2, 0.25) is 6.79 Å². The van der Waals surface area contributed by atoms with E-state index in [0.717, 1.165) is 11.1 Å². The van der Waals surface area contributed by atoms with E-state index in [1.165, 1.54) is 28.0 Å². The Morgan fingerprint density at radius 2 is 1.80 bits per heavy atom. The molecule has 0 aliphatic carbocycles. The Hall–Kier alpha value is -5.46. The minimum Gasteiger partial charge on any atom is -0.488 e. The summed E-state index contributed by atoms with van der Waals surface area (Å²) in [5.41, 5.74) is 3.47. The van der Waals surface area contributed by atoms with Gasteiger partial charge in [-0.15, -0.1) is 0 Å². The van der Waals surface area contributed by atoms with Crippen LogP contribution in [0.5, 0.6) is 17.2 Å². The molecule has 0 radical (unpaired) electrons. The van der Waals surface area contributed by atoms with Gasteiger partial charge in [0.1, 0.15) is 12.4 Å². The Morgan fingerprint density at radius 3 is 2.53 bits per heavy atom. The summed E-state index contributed by atoms with van der Waals surface area (Å²) in [6.45, 7) is 2.20. The SMILES string of the molecule is CCOC(=O)C1=C(c2ccccc2)N=c2s/c(=C/c3ccc(OCc4ccc(C(=O)O)cc4)c(Br)c3)c(=O)n2[C@@H]1c1ccc2c(c1)OCO2. The number of hydrogen-bond acceptors (Lipinski definition) is 9. The maximum atomic E-state index is 14.3. The predicted octanol–water partition coefficient (Wildman–Crippen LogP) is 5.70. The Labute approximate surface area is 291 Å². The summed E-state index contributed by atoms with van der Waals surface area (Å²) in [5, 5.41) is 9.13. The molecule has 49 heavy (non-hydrogen) atoms. The van der Waals surface area contributed by atoms with Crippen LogP contribution in [0.1, 0.15) is 45.6 Å². The van der Waals surface area contributed by atoms with Gasteiger partial charge in [-0.05, 0) is 82.0 Å². The number of carboxylic acid groups (broad SMARTS) is 1. The number of ether oxygens (including phenoxy) is 4. The largest absolute Gasteiger partial charge is 0.488 e. The minimum atomic E-state index is -0.988. The van der Waals surface area contributed by atoms with Gasteiger partial charge in [0.25, 0.3) is 5.56 Å². The Bertz CT molecular complexity index is 2310. The number of benzene rings is 4. The van der Waals surface area contributed by atoms with Crippen LogP contribution in [0.4, 0.5) is 0 Å². The monoisotopic (exact) mass is 738 g/mol. The number of fused-ring (bicyclic) bond motifs is 2.